The van der Waals surface area contributed by atoms with Crippen LogP contribution in [0.3, 0.4) is 0 Å². The van der Waals surface area contributed by atoms with Crippen molar-refractivity contribution in [3.05, 3.63) is 82.6 Å². The Balaban J connectivity index is 1.86. The summed E-state index contributed by atoms with van der Waals surface area (Å²) in [6.45, 7) is 3.86. The summed E-state index contributed by atoms with van der Waals surface area (Å²) in [6, 6.07) is 20.3. The lowest BCUT2D eigenvalue weighted by molar-refractivity contribution is 0.218. The Hall–Kier alpha value is -4.13. The first-order valence-corrected chi connectivity index (χ1v) is 10.6. The van der Waals surface area contributed by atoms with Gasteiger partial charge in [-0.1, -0.05) is 42.5 Å². The molecule has 0 amide bonds. The third-order valence-electron chi connectivity index (χ3n) is 4.94. The molecule has 0 unspecified atom stereocenters. The summed E-state index contributed by atoms with van der Waals surface area (Å²) in [5.74, 6) is 1.99. The minimum Gasteiger partial charge on any atom is -0.493 e. The van der Waals surface area contributed by atoms with Crippen LogP contribution < -0.4 is 19.8 Å². The van der Waals surface area contributed by atoms with Gasteiger partial charge in [-0.25, -0.2) is 4.98 Å². The zero-order valence-electron chi connectivity index (χ0n) is 19.0. The fraction of sp³-hybridized carbons (Fsp3) is 0.192. The molecule has 0 fully saturated rings. The molecular weight excluding hydrogens is 418 g/mol. The standard InChI is InChI=1S/C26H25N3O4/c1-17(2)33-24-22(31-3)14-18(15-23(24)32-4)16-27-29-25(19-10-6-5-7-11-19)28-21-13-9-8-12-20(21)26(29)30/h5-17H,1-4H3. The number of methoxy groups -OCH3 is 2. The average Bonchev–Trinajstić information content (AvgIpc) is 2.84. The maximum Gasteiger partial charge on any atom is 0.282 e. The summed E-state index contributed by atoms with van der Waals surface area (Å²) < 4.78 is 18.2. The number of nitrogens with zero attached hydrogens (tertiary/aromatic N) is 3. The molecule has 0 spiro atoms. The van der Waals surface area contributed by atoms with Gasteiger partial charge >= 0.3 is 0 Å². The van der Waals surface area contributed by atoms with Crippen molar-refractivity contribution in [1.82, 2.24) is 9.66 Å². The van der Waals surface area contributed by atoms with E-state index in [9.17, 15) is 4.79 Å². The molecule has 0 aliphatic carbocycles. The molecule has 3 aromatic carbocycles. The van der Waals surface area contributed by atoms with Gasteiger partial charge in [0.15, 0.2) is 17.3 Å². The monoisotopic (exact) mass is 443 g/mol. The second-order valence-electron chi connectivity index (χ2n) is 7.60. The predicted octanol–water partition coefficient (Wildman–Crippen LogP) is 4.75. The number of ether oxygens (including phenoxy) is 3. The molecule has 1 heterocycles. The quantitative estimate of drug-likeness (QED) is 0.385. The van der Waals surface area contributed by atoms with Crippen LogP contribution in [0.4, 0.5) is 0 Å². The number of aromatic nitrogens is 2. The van der Waals surface area contributed by atoms with E-state index >= 15 is 0 Å². The second kappa shape index (κ2) is 9.56. The van der Waals surface area contributed by atoms with Crippen molar-refractivity contribution < 1.29 is 14.2 Å². The third-order valence-corrected chi connectivity index (χ3v) is 4.94. The first-order valence-electron chi connectivity index (χ1n) is 10.6. The fourth-order valence-corrected chi connectivity index (χ4v) is 3.46. The van der Waals surface area contributed by atoms with Crippen LogP contribution in [-0.2, 0) is 0 Å². The Labute approximate surface area is 191 Å². The number of benzene rings is 3. The summed E-state index contributed by atoms with van der Waals surface area (Å²) >= 11 is 0. The van der Waals surface area contributed by atoms with Crippen molar-refractivity contribution in [2.75, 3.05) is 14.2 Å². The lowest BCUT2D eigenvalue weighted by Crippen LogP contribution is -2.20. The van der Waals surface area contributed by atoms with Gasteiger partial charge in [0, 0.05) is 11.1 Å². The van der Waals surface area contributed by atoms with E-state index in [4.69, 9.17) is 19.2 Å². The molecule has 0 saturated heterocycles. The Morgan fingerprint density at radius 2 is 1.58 bits per heavy atom. The molecule has 0 saturated carbocycles. The molecule has 0 N–H and O–H groups in total. The molecule has 0 radical (unpaired) electrons. The number of fused-ring (bicyclic) bond motifs is 1. The molecule has 0 atom stereocenters. The third kappa shape index (κ3) is 4.57. The van der Waals surface area contributed by atoms with E-state index in [0.29, 0.717) is 39.5 Å². The molecular formula is C26H25N3O4. The fourth-order valence-electron chi connectivity index (χ4n) is 3.46. The van der Waals surface area contributed by atoms with Gasteiger partial charge in [-0.2, -0.15) is 9.78 Å². The smallest absolute Gasteiger partial charge is 0.282 e. The molecule has 0 aliphatic heterocycles. The van der Waals surface area contributed by atoms with E-state index in [1.807, 2.05) is 62.4 Å². The molecule has 0 bridgehead atoms. The van der Waals surface area contributed by atoms with Crippen LogP contribution in [0.15, 0.2) is 76.6 Å². The van der Waals surface area contributed by atoms with Gasteiger partial charge in [0.1, 0.15) is 0 Å². The maximum absolute atomic E-state index is 13.3. The topological polar surface area (TPSA) is 74.9 Å². The van der Waals surface area contributed by atoms with Crippen LogP contribution in [0.2, 0.25) is 0 Å². The lowest BCUT2D eigenvalue weighted by atomic mass is 10.2. The number of hydrogen-bond donors (Lipinski definition) is 0. The Morgan fingerprint density at radius 1 is 0.939 bits per heavy atom. The molecule has 168 valence electrons. The first kappa shape index (κ1) is 22.1. The van der Waals surface area contributed by atoms with Crippen LogP contribution in [0.25, 0.3) is 22.3 Å². The van der Waals surface area contributed by atoms with Crippen LogP contribution in [-0.4, -0.2) is 36.2 Å². The minimum atomic E-state index is -0.255. The molecule has 1 aromatic heterocycles. The predicted molar refractivity (Wildman–Crippen MR) is 130 cm³/mol. The lowest BCUT2D eigenvalue weighted by Gasteiger charge is -2.17. The van der Waals surface area contributed by atoms with Crippen LogP contribution in [0.5, 0.6) is 17.2 Å². The Kier molecular flexibility index (Phi) is 6.40. The van der Waals surface area contributed by atoms with Gasteiger partial charge in [-0.15, -0.1) is 0 Å². The number of hydrogen-bond acceptors (Lipinski definition) is 6. The second-order valence-corrected chi connectivity index (χ2v) is 7.60. The maximum atomic E-state index is 13.3. The van der Waals surface area contributed by atoms with Crippen molar-refractivity contribution in [2.24, 2.45) is 5.10 Å². The summed E-state index contributed by atoms with van der Waals surface area (Å²) in [4.78, 5) is 18.0. The first-order chi connectivity index (χ1) is 16.0. The average molecular weight is 444 g/mol. The summed E-state index contributed by atoms with van der Waals surface area (Å²) in [5.41, 5.74) is 1.83. The van der Waals surface area contributed by atoms with Gasteiger partial charge < -0.3 is 14.2 Å². The van der Waals surface area contributed by atoms with Crippen LogP contribution in [0.1, 0.15) is 19.4 Å². The number of rotatable bonds is 7. The van der Waals surface area contributed by atoms with Crippen LogP contribution in [0, 0.1) is 0 Å². The van der Waals surface area contributed by atoms with Crippen molar-refractivity contribution in [1.29, 1.82) is 0 Å². The van der Waals surface area contributed by atoms with Gasteiger partial charge in [-0.05, 0) is 38.1 Å². The largest absolute Gasteiger partial charge is 0.493 e. The van der Waals surface area contributed by atoms with E-state index in [0.717, 1.165) is 5.56 Å². The van der Waals surface area contributed by atoms with E-state index in [1.54, 1.807) is 38.6 Å². The van der Waals surface area contributed by atoms with Crippen molar-refractivity contribution >= 4 is 17.1 Å². The molecule has 4 rings (SSSR count). The van der Waals surface area contributed by atoms with Gasteiger partial charge in [-0.3, -0.25) is 4.79 Å². The molecule has 33 heavy (non-hydrogen) atoms. The van der Waals surface area contributed by atoms with Crippen molar-refractivity contribution in [3.63, 3.8) is 0 Å². The highest BCUT2D eigenvalue weighted by molar-refractivity contribution is 5.83. The molecule has 0 aliphatic rings. The molecule has 7 nitrogen and oxygen atoms in total. The van der Waals surface area contributed by atoms with Crippen molar-refractivity contribution in [2.45, 2.75) is 20.0 Å². The van der Waals surface area contributed by atoms with Crippen molar-refractivity contribution in [3.8, 4) is 28.6 Å². The Bertz CT molecular complexity index is 1340. The summed E-state index contributed by atoms with van der Waals surface area (Å²) in [6.07, 6.45) is 1.53. The zero-order valence-corrected chi connectivity index (χ0v) is 19.0. The minimum absolute atomic E-state index is 0.0528. The van der Waals surface area contributed by atoms with E-state index < -0.39 is 0 Å². The van der Waals surface area contributed by atoms with Crippen LogP contribution >= 0.6 is 0 Å². The summed E-state index contributed by atoms with van der Waals surface area (Å²) in [7, 11) is 3.13. The highest BCUT2D eigenvalue weighted by atomic mass is 16.5. The summed E-state index contributed by atoms with van der Waals surface area (Å²) in [5, 5.41) is 5.00. The SMILES string of the molecule is COc1cc(C=Nn2c(-c3ccccc3)nc3ccccc3c2=O)cc(OC)c1OC(C)C. The highest BCUT2D eigenvalue weighted by Crippen LogP contribution is 2.38. The van der Waals surface area contributed by atoms with Gasteiger partial charge in [0.25, 0.3) is 5.56 Å². The van der Waals surface area contributed by atoms with E-state index in [1.165, 1.54) is 4.68 Å². The normalized spacial score (nSPS) is 11.3. The Morgan fingerprint density at radius 3 is 2.21 bits per heavy atom. The number of para-hydroxylation sites is 1. The zero-order chi connectivity index (χ0) is 23.4. The van der Waals surface area contributed by atoms with Gasteiger partial charge in [0.2, 0.25) is 5.75 Å². The highest BCUT2D eigenvalue weighted by Gasteiger charge is 2.16. The molecule has 4 aromatic rings. The van der Waals surface area contributed by atoms with E-state index in [2.05, 4.69) is 5.10 Å². The van der Waals surface area contributed by atoms with Gasteiger partial charge in [0.05, 0.1) is 37.4 Å². The molecule has 7 heteroatoms. The van der Waals surface area contributed by atoms with E-state index in [-0.39, 0.29) is 11.7 Å².